The summed E-state index contributed by atoms with van der Waals surface area (Å²) in [5.74, 6) is -3.73. The molecule has 108 valence electrons. The van der Waals surface area contributed by atoms with Crippen LogP contribution in [0.2, 0.25) is 0 Å². The number of ether oxygens (including phenoxy) is 2. The Morgan fingerprint density at radius 2 is 2.00 bits per heavy atom. The van der Waals surface area contributed by atoms with Gasteiger partial charge in [-0.2, -0.15) is 8.78 Å². The summed E-state index contributed by atoms with van der Waals surface area (Å²) < 4.78 is 51.6. The number of nitrogens with zero attached hydrogens (tertiary/aromatic N) is 1. The third-order valence-corrected chi connectivity index (χ3v) is 3.71. The molecule has 0 spiro atoms. The van der Waals surface area contributed by atoms with Crippen LogP contribution in [0, 0.1) is 5.82 Å². The highest BCUT2D eigenvalue weighted by Crippen LogP contribution is 2.46. The highest BCUT2D eigenvalue weighted by atomic mass is 19.3. The molecule has 0 aromatic heterocycles. The Balaban J connectivity index is 2.12. The quantitative estimate of drug-likeness (QED) is 0.856. The second-order valence-electron chi connectivity index (χ2n) is 5.11. The maximum Gasteiger partial charge on any atom is 0.309 e. The molecule has 3 rings (SSSR count). The number of nitrogens with two attached hydrogens (primary N) is 1. The highest BCUT2D eigenvalue weighted by Gasteiger charge is 2.62. The zero-order valence-electron chi connectivity index (χ0n) is 10.6. The normalized spacial score (nSPS) is 35.1. The van der Waals surface area contributed by atoms with Gasteiger partial charge in [0.2, 0.25) is 0 Å². The molecule has 2 aliphatic rings. The van der Waals surface area contributed by atoms with Gasteiger partial charge in [-0.3, -0.25) is 0 Å². The Morgan fingerprint density at radius 3 is 2.70 bits per heavy atom. The molecule has 3 atom stereocenters. The highest BCUT2D eigenvalue weighted by molar-refractivity contribution is 5.73. The molecule has 0 bridgehead atoms. The lowest BCUT2D eigenvalue weighted by Crippen LogP contribution is -2.54. The van der Waals surface area contributed by atoms with E-state index in [0.29, 0.717) is 0 Å². The lowest BCUT2D eigenvalue weighted by molar-refractivity contribution is -0.0876. The van der Waals surface area contributed by atoms with Crippen molar-refractivity contribution in [3.8, 4) is 0 Å². The third kappa shape index (κ3) is 1.76. The van der Waals surface area contributed by atoms with Gasteiger partial charge in [-0.15, -0.1) is 0 Å². The van der Waals surface area contributed by atoms with Crippen molar-refractivity contribution < 1.29 is 22.6 Å². The Kier molecular flexibility index (Phi) is 2.72. The number of hydrogen-bond acceptors (Lipinski definition) is 4. The van der Waals surface area contributed by atoms with Gasteiger partial charge in [0.15, 0.2) is 6.10 Å². The number of fused-ring (bicyclic) bond motifs is 1. The lowest BCUT2D eigenvalue weighted by Gasteiger charge is -2.39. The van der Waals surface area contributed by atoms with Crippen molar-refractivity contribution in [1.82, 2.24) is 0 Å². The van der Waals surface area contributed by atoms with Gasteiger partial charge < -0.3 is 15.2 Å². The van der Waals surface area contributed by atoms with Crippen LogP contribution in [0.5, 0.6) is 0 Å². The van der Waals surface area contributed by atoms with Crippen LogP contribution in [0.3, 0.4) is 0 Å². The first-order valence-corrected chi connectivity index (χ1v) is 6.11. The van der Waals surface area contributed by atoms with Crippen LogP contribution in [0.1, 0.15) is 12.5 Å². The summed E-state index contributed by atoms with van der Waals surface area (Å²) in [6.45, 7) is 0.717. The molecule has 1 saturated heterocycles. The van der Waals surface area contributed by atoms with Crippen LogP contribution in [0.15, 0.2) is 29.3 Å². The van der Waals surface area contributed by atoms with E-state index in [1.54, 1.807) is 6.07 Å². The van der Waals surface area contributed by atoms with E-state index in [1.807, 2.05) is 0 Å². The summed E-state index contributed by atoms with van der Waals surface area (Å²) in [6.07, 6.45) is -2.66. The predicted molar refractivity (Wildman–Crippen MR) is 64.9 cm³/mol. The number of aliphatic imine (C=N–C) groups is 1. The second-order valence-corrected chi connectivity index (χ2v) is 5.11. The largest absolute Gasteiger partial charge is 0.453 e. The predicted octanol–water partition coefficient (Wildman–Crippen LogP) is 1.79. The molecular weight excluding hydrogens is 273 g/mol. The zero-order valence-corrected chi connectivity index (χ0v) is 10.6. The molecule has 2 N–H and O–H groups in total. The summed E-state index contributed by atoms with van der Waals surface area (Å²) in [5.41, 5.74) is 4.29. The standard InChI is InChI=1S/C13H13F3N2O2/c1-12(7-4-2-3-5-8(7)14)9-10(20-11(17)18-12)13(15,16)6-19-9/h2-5,9-10H,6H2,1H3,(H2,17,18)/t9-,10-,12+/m0/s1. The number of benzene rings is 1. The van der Waals surface area contributed by atoms with Gasteiger partial charge in [-0.25, -0.2) is 9.38 Å². The minimum absolute atomic E-state index is 0.152. The van der Waals surface area contributed by atoms with Crippen molar-refractivity contribution in [3.63, 3.8) is 0 Å². The van der Waals surface area contributed by atoms with E-state index >= 15 is 0 Å². The Morgan fingerprint density at radius 1 is 1.30 bits per heavy atom. The molecular formula is C13H13F3N2O2. The average Bonchev–Trinajstić information content (AvgIpc) is 2.66. The number of amidine groups is 1. The number of rotatable bonds is 1. The fourth-order valence-corrected chi connectivity index (χ4v) is 2.73. The van der Waals surface area contributed by atoms with Crippen LogP contribution in [-0.2, 0) is 15.0 Å². The van der Waals surface area contributed by atoms with Gasteiger partial charge in [0.25, 0.3) is 6.02 Å². The molecule has 2 aliphatic heterocycles. The van der Waals surface area contributed by atoms with Crippen LogP contribution in [0.4, 0.5) is 13.2 Å². The topological polar surface area (TPSA) is 56.8 Å². The molecule has 4 nitrogen and oxygen atoms in total. The molecule has 1 aromatic carbocycles. The molecule has 2 heterocycles. The van der Waals surface area contributed by atoms with Gasteiger partial charge in [0.1, 0.15) is 24.1 Å². The molecule has 0 radical (unpaired) electrons. The fourth-order valence-electron chi connectivity index (χ4n) is 2.73. The summed E-state index contributed by atoms with van der Waals surface area (Å²) in [6, 6.07) is 5.45. The molecule has 0 aliphatic carbocycles. The molecule has 20 heavy (non-hydrogen) atoms. The van der Waals surface area contributed by atoms with E-state index in [1.165, 1.54) is 25.1 Å². The molecule has 1 aromatic rings. The van der Waals surface area contributed by atoms with E-state index in [-0.39, 0.29) is 11.6 Å². The summed E-state index contributed by atoms with van der Waals surface area (Å²) in [5, 5.41) is 0. The first-order chi connectivity index (χ1) is 9.34. The molecule has 1 fully saturated rings. The van der Waals surface area contributed by atoms with Gasteiger partial charge in [-0.1, -0.05) is 18.2 Å². The molecule has 0 amide bonds. The number of halogens is 3. The van der Waals surface area contributed by atoms with Crippen molar-refractivity contribution >= 4 is 6.02 Å². The second kappa shape index (κ2) is 4.12. The van der Waals surface area contributed by atoms with Crippen molar-refractivity contribution in [2.24, 2.45) is 10.7 Å². The molecule has 0 unspecified atom stereocenters. The third-order valence-electron chi connectivity index (χ3n) is 3.71. The molecule has 7 heteroatoms. The van der Waals surface area contributed by atoms with E-state index in [2.05, 4.69) is 4.99 Å². The van der Waals surface area contributed by atoms with Crippen molar-refractivity contribution in [3.05, 3.63) is 35.6 Å². The van der Waals surface area contributed by atoms with Gasteiger partial charge >= 0.3 is 5.92 Å². The van der Waals surface area contributed by atoms with Gasteiger partial charge in [0, 0.05) is 5.56 Å². The summed E-state index contributed by atoms with van der Waals surface area (Å²) in [7, 11) is 0. The maximum atomic E-state index is 14.0. The first-order valence-electron chi connectivity index (χ1n) is 6.11. The van der Waals surface area contributed by atoms with Gasteiger partial charge in [-0.05, 0) is 13.0 Å². The first kappa shape index (κ1) is 13.2. The van der Waals surface area contributed by atoms with Crippen LogP contribution < -0.4 is 5.73 Å². The van der Waals surface area contributed by atoms with Crippen LogP contribution in [-0.4, -0.2) is 30.8 Å². The number of hydrogen-bond donors (Lipinski definition) is 1. The maximum absolute atomic E-state index is 14.0. The zero-order chi connectivity index (χ0) is 14.5. The smallest absolute Gasteiger partial charge is 0.309 e. The van der Waals surface area contributed by atoms with Crippen molar-refractivity contribution in [2.45, 2.75) is 30.6 Å². The van der Waals surface area contributed by atoms with E-state index in [9.17, 15) is 13.2 Å². The Bertz CT molecular complexity index is 578. The minimum atomic E-state index is -3.18. The Labute approximate surface area is 113 Å². The average molecular weight is 286 g/mol. The van der Waals surface area contributed by atoms with Crippen molar-refractivity contribution in [1.29, 1.82) is 0 Å². The monoisotopic (exact) mass is 286 g/mol. The van der Waals surface area contributed by atoms with Crippen LogP contribution >= 0.6 is 0 Å². The van der Waals surface area contributed by atoms with E-state index in [0.717, 1.165) is 0 Å². The fraction of sp³-hybridized carbons (Fsp3) is 0.462. The SMILES string of the molecule is C[C@]1(c2ccccc2F)N=C(N)O[C@H]2[C@@H]1OCC2(F)F. The summed E-state index contributed by atoms with van der Waals surface area (Å²) >= 11 is 0. The van der Waals surface area contributed by atoms with Crippen molar-refractivity contribution in [2.75, 3.05) is 6.61 Å². The Hall–Kier alpha value is -1.76. The van der Waals surface area contributed by atoms with E-state index < -0.39 is 36.1 Å². The lowest BCUT2D eigenvalue weighted by atomic mass is 9.82. The van der Waals surface area contributed by atoms with Crippen LogP contribution in [0.25, 0.3) is 0 Å². The van der Waals surface area contributed by atoms with E-state index in [4.69, 9.17) is 15.2 Å². The number of alkyl halides is 2. The minimum Gasteiger partial charge on any atom is -0.453 e. The van der Waals surface area contributed by atoms with Gasteiger partial charge in [0.05, 0.1) is 0 Å². The summed E-state index contributed by atoms with van der Waals surface area (Å²) in [4.78, 5) is 4.03. The molecule has 0 saturated carbocycles.